The third-order valence-corrected chi connectivity index (χ3v) is 4.30. The zero-order chi connectivity index (χ0) is 13.8. The molecule has 19 heavy (non-hydrogen) atoms. The van der Waals surface area contributed by atoms with Crippen molar-refractivity contribution in [1.82, 2.24) is 10.3 Å². The molecule has 4 nitrogen and oxygen atoms in total. The van der Waals surface area contributed by atoms with Crippen molar-refractivity contribution in [3.63, 3.8) is 0 Å². The maximum atomic E-state index is 11.6. The lowest BCUT2D eigenvalue weighted by molar-refractivity contribution is -0.126. The van der Waals surface area contributed by atoms with E-state index in [2.05, 4.69) is 10.3 Å². The molecule has 104 valence electrons. The summed E-state index contributed by atoms with van der Waals surface area (Å²) in [5.74, 6) is 5.05. The SMILES string of the molecule is NNC(=O)[C@@H]1CCCN(Cc2cccc(Cl)c2Cl)C1. The number of amides is 1. The van der Waals surface area contributed by atoms with Gasteiger partial charge in [0.1, 0.15) is 0 Å². The van der Waals surface area contributed by atoms with Crippen molar-refractivity contribution in [2.75, 3.05) is 13.1 Å². The first-order valence-corrected chi connectivity index (χ1v) is 7.03. The molecule has 6 heteroatoms. The molecule has 1 saturated heterocycles. The van der Waals surface area contributed by atoms with Crippen LogP contribution in [0.4, 0.5) is 0 Å². The molecular weight excluding hydrogens is 285 g/mol. The number of hydrogen-bond donors (Lipinski definition) is 2. The lowest BCUT2D eigenvalue weighted by Crippen LogP contribution is -2.44. The fourth-order valence-electron chi connectivity index (χ4n) is 2.44. The maximum Gasteiger partial charge on any atom is 0.238 e. The Morgan fingerprint density at radius 2 is 2.26 bits per heavy atom. The lowest BCUT2D eigenvalue weighted by Gasteiger charge is -2.31. The maximum absolute atomic E-state index is 11.6. The molecule has 1 aromatic rings. The largest absolute Gasteiger partial charge is 0.298 e. The molecule has 3 N–H and O–H groups in total. The van der Waals surface area contributed by atoms with Crippen molar-refractivity contribution < 1.29 is 4.79 Å². The van der Waals surface area contributed by atoms with Crippen LogP contribution in [0.15, 0.2) is 18.2 Å². The Bertz CT molecular complexity index is 467. The number of rotatable bonds is 3. The monoisotopic (exact) mass is 301 g/mol. The van der Waals surface area contributed by atoms with Gasteiger partial charge < -0.3 is 0 Å². The van der Waals surface area contributed by atoms with Crippen LogP contribution in [0, 0.1) is 5.92 Å². The van der Waals surface area contributed by atoms with Gasteiger partial charge in [-0.05, 0) is 31.0 Å². The van der Waals surface area contributed by atoms with Crippen LogP contribution >= 0.6 is 23.2 Å². The standard InChI is InChI=1S/C13H17Cl2N3O/c14-11-5-1-3-9(12(11)15)7-18-6-2-4-10(8-18)13(19)17-16/h1,3,5,10H,2,4,6-8,16H2,(H,17,19)/t10-/m1/s1. The zero-order valence-electron chi connectivity index (χ0n) is 10.5. The normalized spacial score (nSPS) is 20.3. The molecule has 1 aliphatic rings. The van der Waals surface area contributed by atoms with Crippen molar-refractivity contribution in [2.24, 2.45) is 11.8 Å². The quantitative estimate of drug-likeness (QED) is 0.511. The van der Waals surface area contributed by atoms with Gasteiger partial charge in [0.25, 0.3) is 0 Å². The zero-order valence-corrected chi connectivity index (χ0v) is 12.0. The van der Waals surface area contributed by atoms with Crippen molar-refractivity contribution >= 4 is 29.1 Å². The van der Waals surface area contributed by atoms with E-state index in [1.165, 1.54) is 0 Å². The Hall–Kier alpha value is -0.810. The minimum atomic E-state index is -0.0955. The van der Waals surface area contributed by atoms with Crippen LogP contribution in [0.3, 0.4) is 0 Å². The molecule has 2 rings (SSSR count). The van der Waals surface area contributed by atoms with Gasteiger partial charge in [0, 0.05) is 13.1 Å². The Balaban J connectivity index is 2.03. The number of carbonyl (C=O) groups is 1. The number of nitrogens with zero attached hydrogens (tertiary/aromatic N) is 1. The highest BCUT2D eigenvalue weighted by Crippen LogP contribution is 2.27. The molecule has 1 heterocycles. The predicted molar refractivity (Wildman–Crippen MR) is 76.8 cm³/mol. The van der Waals surface area contributed by atoms with Crippen LogP contribution in [0.2, 0.25) is 10.0 Å². The number of hydrogen-bond acceptors (Lipinski definition) is 3. The van der Waals surface area contributed by atoms with Crippen LogP contribution in [-0.4, -0.2) is 23.9 Å². The number of nitrogens with two attached hydrogens (primary N) is 1. The average Bonchev–Trinajstić information content (AvgIpc) is 2.43. The third kappa shape index (κ3) is 3.60. The highest BCUT2D eigenvalue weighted by atomic mass is 35.5. The molecule has 0 bridgehead atoms. The summed E-state index contributed by atoms with van der Waals surface area (Å²) < 4.78 is 0. The third-order valence-electron chi connectivity index (χ3n) is 3.44. The van der Waals surface area contributed by atoms with E-state index < -0.39 is 0 Å². The summed E-state index contributed by atoms with van der Waals surface area (Å²) in [6.07, 6.45) is 1.86. The Labute approximate surface area is 122 Å². The van der Waals surface area contributed by atoms with Crippen molar-refractivity contribution in [3.8, 4) is 0 Å². The van der Waals surface area contributed by atoms with Crippen LogP contribution in [0.5, 0.6) is 0 Å². The van der Waals surface area contributed by atoms with E-state index in [1.54, 1.807) is 6.07 Å². The first kappa shape index (κ1) is 14.6. The number of nitrogens with one attached hydrogen (secondary N) is 1. The second-order valence-electron chi connectivity index (χ2n) is 4.80. The second kappa shape index (κ2) is 6.57. The van der Waals surface area contributed by atoms with E-state index in [9.17, 15) is 4.79 Å². The van der Waals surface area contributed by atoms with Crippen molar-refractivity contribution in [3.05, 3.63) is 33.8 Å². The number of piperidine rings is 1. The summed E-state index contributed by atoms with van der Waals surface area (Å²) in [5, 5.41) is 1.15. The molecule has 0 saturated carbocycles. The Morgan fingerprint density at radius 3 is 3.00 bits per heavy atom. The molecule has 1 amide bonds. The molecule has 0 aromatic heterocycles. The molecule has 1 atom stereocenters. The van der Waals surface area contributed by atoms with Gasteiger partial charge >= 0.3 is 0 Å². The summed E-state index contributed by atoms with van der Waals surface area (Å²) in [7, 11) is 0. The summed E-state index contributed by atoms with van der Waals surface area (Å²) in [6.45, 7) is 2.36. The second-order valence-corrected chi connectivity index (χ2v) is 5.58. The highest BCUT2D eigenvalue weighted by molar-refractivity contribution is 6.42. The van der Waals surface area contributed by atoms with Gasteiger partial charge in [-0.15, -0.1) is 0 Å². The molecule has 0 radical (unpaired) electrons. The first-order chi connectivity index (χ1) is 9.11. The van der Waals surface area contributed by atoms with E-state index in [0.29, 0.717) is 23.1 Å². The summed E-state index contributed by atoms with van der Waals surface area (Å²) in [6, 6.07) is 5.62. The summed E-state index contributed by atoms with van der Waals surface area (Å²) >= 11 is 12.2. The topological polar surface area (TPSA) is 58.4 Å². The number of likely N-dealkylation sites (tertiary alicyclic amines) is 1. The molecular formula is C13H17Cl2N3O. The highest BCUT2D eigenvalue weighted by Gasteiger charge is 2.25. The molecule has 0 unspecified atom stereocenters. The molecule has 1 aliphatic heterocycles. The van der Waals surface area contributed by atoms with E-state index >= 15 is 0 Å². The smallest absolute Gasteiger partial charge is 0.238 e. The van der Waals surface area contributed by atoms with E-state index in [0.717, 1.165) is 24.9 Å². The van der Waals surface area contributed by atoms with Crippen LogP contribution in [0.25, 0.3) is 0 Å². The van der Waals surface area contributed by atoms with Gasteiger partial charge in [-0.2, -0.15) is 0 Å². The molecule has 1 fully saturated rings. The van der Waals surface area contributed by atoms with Gasteiger partial charge in [-0.1, -0.05) is 35.3 Å². The summed E-state index contributed by atoms with van der Waals surface area (Å²) in [4.78, 5) is 13.8. The number of hydrazine groups is 1. The van der Waals surface area contributed by atoms with Gasteiger partial charge in [0.15, 0.2) is 0 Å². The van der Waals surface area contributed by atoms with Gasteiger partial charge in [-0.25, -0.2) is 5.84 Å². The molecule has 1 aromatic carbocycles. The predicted octanol–water partition coefficient (Wildman–Crippen LogP) is 2.20. The van der Waals surface area contributed by atoms with Crippen LogP contribution < -0.4 is 11.3 Å². The van der Waals surface area contributed by atoms with Crippen molar-refractivity contribution in [1.29, 1.82) is 0 Å². The molecule has 0 spiro atoms. The minimum absolute atomic E-state index is 0.0447. The van der Waals surface area contributed by atoms with Crippen LogP contribution in [0.1, 0.15) is 18.4 Å². The van der Waals surface area contributed by atoms with E-state index in [4.69, 9.17) is 29.0 Å². The van der Waals surface area contributed by atoms with E-state index in [-0.39, 0.29) is 11.8 Å². The Morgan fingerprint density at radius 1 is 1.47 bits per heavy atom. The Kier molecular flexibility index (Phi) is 5.05. The van der Waals surface area contributed by atoms with Crippen LogP contribution in [-0.2, 0) is 11.3 Å². The minimum Gasteiger partial charge on any atom is -0.298 e. The van der Waals surface area contributed by atoms with Crippen molar-refractivity contribution in [2.45, 2.75) is 19.4 Å². The number of carbonyl (C=O) groups excluding carboxylic acids is 1. The van der Waals surface area contributed by atoms with Gasteiger partial charge in [-0.3, -0.25) is 15.1 Å². The van der Waals surface area contributed by atoms with Gasteiger partial charge in [0.05, 0.1) is 16.0 Å². The van der Waals surface area contributed by atoms with E-state index in [1.807, 2.05) is 12.1 Å². The lowest BCUT2D eigenvalue weighted by atomic mass is 9.97. The first-order valence-electron chi connectivity index (χ1n) is 6.27. The molecule has 0 aliphatic carbocycles. The average molecular weight is 302 g/mol. The van der Waals surface area contributed by atoms with Gasteiger partial charge in [0.2, 0.25) is 5.91 Å². The fraction of sp³-hybridized carbons (Fsp3) is 0.462. The number of benzene rings is 1. The number of halogens is 2. The fourth-order valence-corrected chi connectivity index (χ4v) is 2.82. The summed E-state index contributed by atoms with van der Waals surface area (Å²) in [5.41, 5.74) is 3.22.